The summed E-state index contributed by atoms with van der Waals surface area (Å²) in [7, 11) is 0. The molecule has 2 rings (SSSR count). The molecule has 1 aliphatic rings. The Kier molecular flexibility index (Phi) is 5.14. The maximum Gasteiger partial charge on any atom is 0.0571 e. The standard InChI is InChI=1S/C20H32O/c1-14(2)16-8-11-19(21)17(13-16)12-15-6-9-18(10-7-15)20(3,4)5/h6-7,9-10,14,16-17,19,21H,8,11-13H2,1-5H3. The van der Waals surface area contributed by atoms with Crippen LogP contribution in [0, 0.1) is 17.8 Å². The van der Waals surface area contributed by atoms with Gasteiger partial charge in [0.25, 0.3) is 0 Å². The van der Waals surface area contributed by atoms with Crippen molar-refractivity contribution in [1.82, 2.24) is 0 Å². The molecule has 0 saturated heterocycles. The van der Waals surface area contributed by atoms with Crippen molar-refractivity contribution in [1.29, 1.82) is 0 Å². The van der Waals surface area contributed by atoms with Crippen LogP contribution in [0.4, 0.5) is 0 Å². The van der Waals surface area contributed by atoms with Crippen LogP contribution in [0.5, 0.6) is 0 Å². The molecular formula is C20H32O. The van der Waals surface area contributed by atoms with E-state index in [1.54, 1.807) is 0 Å². The number of rotatable bonds is 3. The van der Waals surface area contributed by atoms with Gasteiger partial charge in [-0.1, -0.05) is 58.9 Å². The van der Waals surface area contributed by atoms with Gasteiger partial charge in [0.15, 0.2) is 0 Å². The predicted molar refractivity (Wildman–Crippen MR) is 90.5 cm³/mol. The second-order valence-electron chi connectivity index (χ2n) is 8.30. The smallest absolute Gasteiger partial charge is 0.0571 e. The average molecular weight is 288 g/mol. The van der Waals surface area contributed by atoms with Crippen LogP contribution in [0.3, 0.4) is 0 Å². The lowest BCUT2D eigenvalue weighted by Crippen LogP contribution is -2.32. The zero-order chi connectivity index (χ0) is 15.6. The summed E-state index contributed by atoms with van der Waals surface area (Å²) in [5, 5.41) is 10.3. The van der Waals surface area contributed by atoms with Crippen molar-refractivity contribution < 1.29 is 5.11 Å². The van der Waals surface area contributed by atoms with Gasteiger partial charge in [-0.3, -0.25) is 0 Å². The van der Waals surface area contributed by atoms with Crippen molar-refractivity contribution in [3.63, 3.8) is 0 Å². The summed E-state index contributed by atoms with van der Waals surface area (Å²) in [6.07, 6.45) is 4.27. The van der Waals surface area contributed by atoms with Gasteiger partial charge >= 0.3 is 0 Å². The summed E-state index contributed by atoms with van der Waals surface area (Å²) in [6, 6.07) is 9.02. The Bertz CT molecular complexity index is 438. The molecule has 1 nitrogen and oxygen atoms in total. The molecule has 0 aliphatic heterocycles. The molecule has 1 heteroatoms. The third-order valence-corrected chi connectivity index (χ3v) is 5.24. The highest BCUT2D eigenvalue weighted by Gasteiger charge is 2.30. The van der Waals surface area contributed by atoms with E-state index in [0.29, 0.717) is 5.92 Å². The van der Waals surface area contributed by atoms with E-state index in [-0.39, 0.29) is 11.5 Å². The van der Waals surface area contributed by atoms with Crippen LogP contribution >= 0.6 is 0 Å². The number of hydrogen-bond donors (Lipinski definition) is 1. The van der Waals surface area contributed by atoms with Crippen molar-refractivity contribution in [3.05, 3.63) is 35.4 Å². The molecule has 1 aromatic carbocycles. The second-order valence-corrected chi connectivity index (χ2v) is 8.30. The quantitative estimate of drug-likeness (QED) is 0.833. The molecule has 118 valence electrons. The summed E-state index contributed by atoms with van der Waals surface area (Å²) in [4.78, 5) is 0. The fourth-order valence-electron chi connectivity index (χ4n) is 3.55. The third kappa shape index (κ3) is 4.32. The highest BCUT2D eigenvalue weighted by Crippen LogP contribution is 2.35. The van der Waals surface area contributed by atoms with E-state index in [4.69, 9.17) is 0 Å². The molecule has 21 heavy (non-hydrogen) atoms. The van der Waals surface area contributed by atoms with Gasteiger partial charge in [-0.2, -0.15) is 0 Å². The number of aliphatic hydroxyl groups excluding tert-OH is 1. The average Bonchev–Trinajstić information content (AvgIpc) is 2.40. The Morgan fingerprint density at radius 3 is 2.24 bits per heavy atom. The lowest BCUT2D eigenvalue weighted by Gasteiger charge is -2.35. The van der Waals surface area contributed by atoms with Gasteiger partial charge in [0, 0.05) is 0 Å². The van der Waals surface area contributed by atoms with Crippen molar-refractivity contribution >= 4 is 0 Å². The normalized spacial score (nSPS) is 27.1. The Hall–Kier alpha value is -0.820. The second kappa shape index (κ2) is 6.52. The van der Waals surface area contributed by atoms with Crippen molar-refractivity contribution in [3.8, 4) is 0 Å². The maximum atomic E-state index is 10.3. The van der Waals surface area contributed by atoms with Crippen molar-refractivity contribution in [2.24, 2.45) is 17.8 Å². The SMILES string of the molecule is CC(C)C1CCC(O)C(Cc2ccc(C(C)(C)C)cc2)C1. The first-order chi connectivity index (χ1) is 9.77. The van der Waals surface area contributed by atoms with Crippen LogP contribution < -0.4 is 0 Å². The molecule has 0 bridgehead atoms. The lowest BCUT2D eigenvalue weighted by molar-refractivity contribution is 0.0378. The molecular weight excluding hydrogens is 256 g/mol. The molecule has 1 N–H and O–H groups in total. The molecule has 1 fully saturated rings. The van der Waals surface area contributed by atoms with E-state index < -0.39 is 0 Å². The van der Waals surface area contributed by atoms with E-state index in [9.17, 15) is 5.11 Å². The van der Waals surface area contributed by atoms with Crippen LogP contribution in [-0.4, -0.2) is 11.2 Å². The van der Waals surface area contributed by atoms with E-state index in [1.165, 1.54) is 24.0 Å². The van der Waals surface area contributed by atoms with Gasteiger partial charge in [-0.25, -0.2) is 0 Å². The van der Waals surface area contributed by atoms with Gasteiger partial charge < -0.3 is 5.11 Å². The number of benzene rings is 1. The van der Waals surface area contributed by atoms with Gasteiger partial charge in [0.2, 0.25) is 0 Å². The first-order valence-corrected chi connectivity index (χ1v) is 8.55. The Morgan fingerprint density at radius 1 is 1.10 bits per heavy atom. The Morgan fingerprint density at radius 2 is 1.71 bits per heavy atom. The zero-order valence-electron chi connectivity index (χ0n) is 14.4. The number of aliphatic hydroxyl groups is 1. The van der Waals surface area contributed by atoms with Gasteiger partial charge in [-0.05, 0) is 60.0 Å². The van der Waals surface area contributed by atoms with Crippen LogP contribution in [-0.2, 0) is 11.8 Å². The monoisotopic (exact) mass is 288 g/mol. The molecule has 0 spiro atoms. The minimum absolute atomic E-state index is 0.109. The topological polar surface area (TPSA) is 20.2 Å². The fourth-order valence-corrected chi connectivity index (χ4v) is 3.55. The Labute approximate surface area is 130 Å². The minimum Gasteiger partial charge on any atom is -0.393 e. The van der Waals surface area contributed by atoms with Crippen LogP contribution in [0.1, 0.15) is 65.0 Å². The van der Waals surface area contributed by atoms with Crippen molar-refractivity contribution in [2.75, 3.05) is 0 Å². The van der Waals surface area contributed by atoms with E-state index in [0.717, 1.165) is 24.7 Å². The van der Waals surface area contributed by atoms with Crippen LogP contribution in [0.15, 0.2) is 24.3 Å². The first kappa shape index (κ1) is 16.5. The minimum atomic E-state index is -0.109. The van der Waals surface area contributed by atoms with Crippen molar-refractivity contribution in [2.45, 2.75) is 71.8 Å². The number of hydrogen-bond acceptors (Lipinski definition) is 1. The molecule has 0 amide bonds. The fraction of sp³-hybridized carbons (Fsp3) is 0.700. The molecule has 1 saturated carbocycles. The summed E-state index contributed by atoms with van der Waals surface area (Å²) < 4.78 is 0. The maximum absolute atomic E-state index is 10.3. The molecule has 3 atom stereocenters. The molecule has 3 unspecified atom stereocenters. The zero-order valence-corrected chi connectivity index (χ0v) is 14.4. The molecule has 1 aromatic rings. The van der Waals surface area contributed by atoms with E-state index in [2.05, 4.69) is 58.9 Å². The lowest BCUT2D eigenvalue weighted by atomic mass is 9.73. The van der Waals surface area contributed by atoms with Gasteiger partial charge in [-0.15, -0.1) is 0 Å². The van der Waals surface area contributed by atoms with Gasteiger partial charge in [0.1, 0.15) is 0 Å². The van der Waals surface area contributed by atoms with Crippen LogP contribution in [0.2, 0.25) is 0 Å². The summed E-state index contributed by atoms with van der Waals surface area (Å²) in [5.41, 5.74) is 2.97. The Balaban J connectivity index is 2.03. The molecule has 0 heterocycles. The highest BCUT2D eigenvalue weighted by atomic mass is 16.3. The first-order valence-electron chi connectivity index (χ1n) is 8.55. The molecule has 0 aromatic heterocycles. The van der Waals surface area contributed by atoms with E-state index >= 15 is 0 Å². The molecule has 0 radical (unpaired) electrons. The predicted octanol–water partition coefficient (Wildman–Crippen LogP) is 4.96. The summed E-state index contributed by atoms with van der Waals surface area (Å²) in [5.74, 6) is 1.96. The summed E-state index contributed by atoms with van der Waals surface area (Å²) in [6.45, 7) is 11.4. The highest BCUT2D eigenvalue weighted by molar-refractivity contribution is 5.27. The van der Waals surface area contributed by atoms with E-state index in [1.807, 2.05) is 0 Å². The molecule has 1 aliphatic carbocycles. The largest absolute Gasteiger partial charge is 0.393 e. The van der Waals surface area contributed by atoms with Gasteiger partial charge in [0.05, 0.1) is 6.10 Å². The third-order valence-electron chi connectivity index (χ3n) is 5.24. The summed E-state index contributed by atoms with van der Waals surface area (Å²) >= 11 is 0. The van der Waals surface area contributed by atoms with Crippen LogP contribution in [0.25, 0.3) is 0 Å².